The number of rotatable bonds is 5. The minimum absolute atomic E-state index is 0.158. The van der Waals surface area contributed by atoms with Crippen molar-refractivity contribution in [3.8, 4) is 23.4 Å². The van der Waals surface area contributed by atoms with Crippen molar-refractivity contribution in [1.82, 2.24) is 4.98 Å². The van der Waals surface area contributed by atoms with E-state index in [1.165, 1.54) is 0 Å². The number of hydrogen-bond donors (Lipinski definition) is 1. The molecular weight excluding hydrogens is 254 g/mol. The first-order valence-corrected chi connectivity index (χ1v) is 6.30. The number of nitriles is 1. The van der Waals surface area contributed by atoms with Crippen molar-refractivity contribution < 1.29 is 9.47 Å². The zero-order chi connectivity index (χ0) is 14.4. The summed E-state index contributed by atoms with van der Waals surface area (Å²) in [5.74, 6) is 1.75. The average Bonchev–Trinajstić information content (AvgIpc) is 2.48. The largest absolute Gasteiger partial charge is 0.494 e. The maximum absolute atomic E-state index is 8.86. The molecule has 1 heterocycles. The van der Waals surface area contributed by atoms with Crippen LogP contribution in [0.5, 0.6) is 17.4 Å². The van der Waals surface area contributed by atoms with Gasteiger partial charge in [-0.3, -0.25) is 0 Å². The van der Waals surface area contributed by atoms with Gasteiger partial charge in [0.2, 0.25) is 5.88 Å². The van der Waals surface area contributed by atoms with Crippen molar-refractivity contribution in [2.75, 3.05) is 12.3 Å². The van der Waals surface area contributed by atoms with Crippen LogP contribution in [0.3, 0.4) is 0 Å². The van der Waals surface area contributed by atoms with Gasteiger partial charge in [-0.2, -0.15) is 5.26 Å². The summed E-state index contributed by atoms with van der Waals surface area (Å²) in [5.41, 5.74) is 6.10. The van der Waals surface area contributed by atoms with Gasteiger partial charge in [0, 0.05) is 6.07 Å². The molecule has 5 nitrogen and oxygen atoms in total. The smallest absolute Gasteiger partial charge is 0.220 e. The Hall–Kier alpha value is -2.74. The summed E-state index contributed by atoms with van der Waals surface area (Å²) in [6.07, 6.45) is 0.963. The monoisotopic (exact) mass is 269 g/mol. The Morgan fingerprint density at radius 3 is 2.50 bits per heavy atom. The lowest BCUT2D eigenvalue weighted by molar-refractivity contribution is 0.317. The fourth-order valence-corrected chi connectivity index (χ4v) is 1.54. The van der Waals surface area contributed by atoms with E-state index in [0.717, 1.165) is 12.2 Å². The SMILES string of the molecule is CCCOc1ccc(Oc2ccc(N)c(C#N)n2)cc1. The van der Waals surface area contributed by atoms with Crippen molar-refractivity contribution in [1.29, 1.82) is 5.26 Å². The molecule has 0 amide bonds. The van der Waals surface area contributed by atoms with Gasteiger partial charge in [0.1, 0.15) is 17.6 Å². The third-order valence-corrected chi connectivity index (χ3v) is 2.53. The number of nitrogens with zero attached hydrogens (tertiary/aromatic N) is 2. The Labute approximate surface area is 117 Å². The lowest BCUT2D eigenvalue weighted by Gasteiger charge is -2.07. The van der Waals surface area contributed by atoms with Crippen LogP contribution in [0, 0.1) is 11.3 Å². The summed E-state index contributed by atoms with van der Waals surface area (Å²) >= 11 is 0. The van der Waals surface area contributed by atoms with E-state index in [9.17, 15) is 0 Å². The Bertz CT molecular complexity index is 618. The molecule has 0 aliphatic carbocycles. The standard InChI is InChI=1S/C15H15N3O2/c1-2-9-19-11-3-5-12(6-4-11)20-15-8-7-13(17)14(10-16)18-15/h3-8H,2,9,17H2,1H3. The minimum Gasteiger partial charge on any atom is -0.494 e. The second-order valence-electron chi connectivity index (χ2n) is 4.12. The van der Waals surface area contributed by atoms with Gasteiger partial charge in [-0.15, -0.1) is 0 Å². The van der Waals surface area contributed by atoms with E-state index in [1.54, 1.807) is 24.3 Å². The quantitative estimate of drug-likeness (QED) is 0.901. The summed E-state index contributed by atoms with van der Waals surface area (Å²) in [5, 5.41) is 8.86. The van der Waals surface area contributed by atoms with Crippen LogP contribution >= 0.6 is 0 Å². The fraction of sp³-hybridized carbons (Fsp3) is 0.200. The number of pyridine rings is 1. The van der Waals surface area contributed by atoms with Gasteiger partial charge in [0.05, 0.1) is 12.3 Å². The second-order valence-corrected chi connectivity index (χ2v) is 4.12. The van der Waals surface area contributed by atoms with Gasteiger partial charge < -0.3 is 15.2 Å². The molecule has 1 aromatic carbocycles. The molecule has 0 atom stereocenters. The van der Waals surface area contributed by atoms with Crippen molar-refractivity contribution in [2.24, 2.45) is 0 Å². The number of hydrogen-bond acceptors (Lipinski definition) is 5. The highest BCUT2D eigenvalue weighted by molar-refractivity contribution is 5.51. The van der Waals surface area contributed by atoms with Crippen LogP contribution in [-0.4, -0.2) is 11.6 Å². The molecule has 20 heavy (non-hydrogen) atoms. The molecule has 2 rings (SSSR count). The maximum atomic E-state index is 8.86. The van der Waals surface area contributed by atoms with Crippen molar-refractivity contribution in [2.45, 2.75) is 13.3 Å². The highest BCUT2D eigenvalue weighted by Crippen LogP contribution is 2.24. The average molecular weight is 269 g/mol. The number of aromatic nitrogens is 1. The van der Waals surface area contributed by atoms with E-state index >= 15 is 0 Å². The van der Waals surface area contributed by atoms with E-state index < -0.39 is 0 Å². The zero-order valence-electron chi connectivity index (χ0n) is 11.2. The minimum atomic E-state index is 0.158. The number of nitrogen functional groups attached to an aromatic ring is 1. The van der Waals surface area contributed by atoms with E-state index in [1.807, 2.05) is 18.2 Å². The Morgan fingerprint density at radius 1 is 1.15 bits per heavy atom. The molecule has 1 aromatic heterocycles. The molecule has 0 aliphatic rings. The van der Waals surface area contributed by atoms with E-state index in [-0.39, 0.29) is 5.69 Å². The molecule has 0 saturated heterocycles. The predicted octanol–water partition coefficient (Wildman–Crippen LogP) is 3.12. The molecule has 5 heteroatoms. The molecule has 2 N–H and O–H groups in total. The molecular formula is C15H15N3O2. The number of ether oxygens (including phenoxy) is 2. The summed E-state index contributed by atoms with van der Waals surface area (Å²) in [6, 6.07) is 12.4. The van der Waals surface area contributed by atoms with Gasteiger partial charge in [-0.1, -0.05) is 6.92 Å². The zero-order valence-corrected chi connectivity index (χ0v) is 11.2. The summed E-state index contributed by atoms with van der Waals surface area (Å²) in [7, 11) is 0. The maximum Gasteiger partial charge on any atom is 0.220 e. The van der Waals surface area contributed by atoms with Crippen LogP contribution in [-0.2, 0) is 0 Å². The summed E-state index contributed by atoms with van der Waals surface area (Å²) in [6.45, 7) is 2.74. The highest BCUT2D eigenvalue weighted by Gasteiger charge is 2.04. The van der Waals surface area contributed by atoms with E-state index in [4.69, 9.17) is 20.5 Å². The molecule has 102 valence electrons. The van der Waals surface area contributed by atoms with Crippen LogP contribution in [0.2, 0.25) is 0 Å². The molecule has 0 bridgehead atoms. The van der Waals surface area contributed by atoms with Gasteiger partial charge in [-0.05, 0) is 36.8 Å². The van der Waals surface area contributed by atoms with Crippen molar-refractivity contribution in [3.63, 3.8) is 0 Å². The summed E-state index contributed by atoms with van der Waals surface area (Å²) < 4.78 is 11.0. The van der Waals surface area contributed by atoms with Gasteiger partial charge in [-0.25, -0.2) is 4.98 Å². The van der Waals surface area contributed by atoms with Crippen molar-refractivity contribution in [3.05, 3.63) is 42.1 Å². The molecule has 0 unspecified atom stereocenters. The van der Waals surface area contributed by atoms with Crippen LogP contribution in [0.1, 0.15) is 19.0 Å². The highest BCUT2D eigenvalue weighted by atomic mass is 16.5. The Balaban J connectivity index is 2.08. The first-order chi connectivity index (χ1) is 9.72. The molecule has 0 radical (unpaired) electrons. The molecule has 0 saturated carbocycles. The van der Waals surface area contributed by atoms with Crippen LogP contribution in [0.25, 0.3) is 0 Å². The molecule has 0 aliphatic heterocycles. The van der Waals surface area contributed by atoms with Gasteiger partial charge >= 0.3 is 0 Å². The predicted molar refractivity (Wildman–Crippen MR) is 75.7 cm³/mol. The first-order valence-electron chi connectivity index (χ1n) is 6.30. The lowest BCUT2D eigenvalue weighted by Crippen LogP contribution is -1.96. The topological polar surface area (TPSA) is 81.2 Å². The van der Waals surface area contributed by atoms with E-state index in [0.29, 0.717) is 23.9 Å². The fourth-order valence-electron chi connectivity index (χ4n) is 1.54. The third kappa shape index (κ3) is 3.39. The first kappa shape index (κ1) is 13.7. The van der Waals surface area contributed by atoms with Crippen LogP contribution in [0.15, 0.2) is 36.4 Å². The Morgan fingerprint density at radius 2 is 1.85 bits per heavy atom. The molecule has 2 aromatic rings. The van der Waals surface area contributed by atoms with Gasteiger partial charge in [0.15, 0.2) is 5.69 Å². The number of nitrogens with two attached hydrogens (primary N) is 1. The normalized spacial score (nSPS) is 9.80. The van der Waals surface area contributed by atoms with Crippen LogP contribution < -0.4 is 15.2 Å². The number of benzene rings is 1. The Kier molecular flexibility index (Phi) is 4.40. The second kappa shape index (κ2) is 6.43. The number of anilines is 1. The molecule has 0 spiro atoms. The molecule has 0 fully saturated rings. The summed E-state index contributed by atoms with van der Waals surface area (Å²) in [4.78, 5) is 4.02. The van der Waals surface area contributed by atoms with E-state index in [2.05, 4.69) is 11.9 Å². The van der Waals surface area contributed by atoms with Gasteiger partial charge in [0.25, 0.3) is 0 Å². The third-order valence-electron chi connectivity index (χ3n) is 2.53. The lowest BCUT2D eigenvalue weighted by atomic mass is 10.3. The van der Waals surface area contributed by atoms with Crippen LogP contribution in [0.4, 0.5) is 5.69 Å². The van der Waals surface area contributed by atoms with Crippen molar-refractivity contribution >= 4 is 5.69 Å².